The van der Waals surface area contributed by atoms with Gasteiger partial charge in [0.15, 0.2) is 0 Å². The molecule has 4 nitrogen and oxygen atoms in total. The van der Waals surface area contributed by atoms with Crippen molar-refractivity contribution in [1.82, 2.24) is 5.32 Å². The second-order valence-electron chi connectivity index (χ2n) is 19.4. The lowest BCUT2D eigenvalue weighted by molar-refractivity contribution is -0.123. The van der Waals surface area contributed by atoms with Crippen LogP contribution in [0.5, 0.6) is 0 Å². The summed E-state index contributed by atoms with van der Waals surface area (Å²) in [5, 5.41) is 23.2. The number of amides is 1. The smallest absolute Gasteiger partial charge is 0.220 e. The third kappa shape index (κ3) is 48.2. The van der Waals surface area contributed by atoms with Crippen LogP contribution in [-0.4, -0.2) is 34.9 Å². The van der Waals surface area contributed by atoms with Gasteiger partial charge in [-0.1, -0.05) is 309 Å². The first-order chi connectivity index (χ1) is 29.7. The van der Waals surface area contributed by atoms with E-state index in [1.54, 1.807) is 6.08 Å². The number of unbranched alkanes of at least 4 members (excludes halogenated alkanes) is 45. The summed E-state index contributed by atoms with van der Waals surface area (Å²) in [6, 6.07) is -0.618. The van der Waals surface area contributed by atoms with Gasteiger partial charge in [0.2, 0.25) is 5.91 Å². The van der Waals surface area contributed by atoms with E-state index in [4.69, 9.17) is 0 Å². The van der Waals surface area contributed by atoms with Crippen LogP contribution < -0.4 is 5.32 Å². The Balaban J connectivity index is 3.43. The van der Waals surface area contributed by atoms with E-state index in [-0.39, 0.29) is 12.5 Å². The minimum atomic E-state index is -0.835. The SMILES string of the molecule is CCCCCCCCCCCCCCCCCCC/C=C/C(O)C(CO)NC(=O)CCCCCCCCCCCCCCCCCCCCCCCCCCCCCCC. The standard InChI is InChI=1S/C56H111NO3/c1-3-5-7-9-11-13-15-17-19-21-23-24-25-26-27-28-29-30-31-32-34-36-38-40-42-44-46-48-50-52-56(60)57-54(53-58)55(59)51-49-47-45-43-41-39-37-35-33-22-20-18-16-14-12-10-8-6-4-2/h49,51,54-55,58-59H,3-48,50,52-53H2,1-2H3,(H,57,60)/b51-49+. The number of allylic oxidation sites excluding steroid dienone is 1. The Morgan fingerprint density at radius 3 is 0.867 bits per heavy atom. The van der Waals surface area contributed by atoms with Crippen molar-refractivity contribution < 1.29 is 15.0 Å². The molecule has 1 amide bonds. The molecule has 0 heterocycles. The second kappa shape index (κ2) is 52.5. The average Bonchev–Trinajstić information content (AvgIpc) is 3.25. The molecule has 0 aliphatic heterocycles. The lowest BCUT2D eigenvalue weighted by atomic mass is 10.0. The first-order valence-corrected chi connectivity index (χ1v) is 27.9. The highest BCUT2D eigenvalue weighted by Crippen LogP contribution is 2.18. The third-order valence-electron chi connectivity index (χ3n) is 13.3. The highest BCUT2D eigenvalue weighted by atomic mass is 16.3. The minimum absolute atomic E-state index is 0.0558. The molecule has 0 radical (unpaired) electrons. The molecule has 0 saturated carbocycles. The summed E-state index contributed by atoms with van der Waals surface area (Å²) < 4.78 is 0. The number of carbonyl (C=O) groups excluding carboxylic acids is 1. The molecule has 0 rings (SSSR count). The fourth-order valence-corrected chi connectivity index (χ4v) is 9.01. The van der Waals surface area contributed by atoms with E-state index in [1.165, 1.54) is 276 Å². The minimum Gasteiger partial charge on any atom is -0.394 e. The van der Waals surface area contributed by atoms with Crippen LogP contribution in [-0.2, 0) is 4.79 Å². The molecular weight excluding hydrogens is 735 g/mol. The maximum Gasteiger partial charge on any atom is 0.220 e. The number of aliphatic hydroxyl groups excluding tert-OH is 2. The zero-order valence-corrected chi connectivity index (χ0v) is 41.3. The summed E-state index contributed by atoms with van der Waals surface area (Å²) in [5.74, 6) is -0.0558. The Morgan fingerprint density at radius 1 is 0.383 bits per heavy atom. The molecule has 0 aromatic rings. The quantitative estimate of drug-likeness (QED) is 0.0422. The van der Waals surface area contributed by atoms with Crippen molar-refractivity contribution in [3.63, 3.8) is 0 Å². The average molecular weight is 847 g/mol. The highest BCUT2D eigenvalue weighted by molar-refractivity contribution is 5.76. The van der Waals surface area contributed by atoms with Crippen LogP contribution in [0.3, 0.4) is 0 Å². The van der Waals surface area contributed by atoms with Crippen molar-refractivity contribution >= 4 is 5.91 Å². The molecule has 0 aliphatic carbocycles. The Kier molecular flexibility index (Phi) is 51.7. The van der Waals surface area contributed by atoms with Crippen molar-refractivity contribution in [1.29, 1.82) is 0 Å². The normalized spacial score (nSPS) is 12.8. The van der Waals surface area contributed by atoms with Gasteiger partial charge in [0.25, 0.3) is 0 Å². The maximum atomic E-state index is 12.5. The molecule has 0 fully saturated rings. The number of aliphatic hydroxyl groups is 2. The summed E-state index contributed by atoms with van der Waals surface area (Å²) >= 11 is 0. The van der Waals surface area contributed by atoms with E-state index in [0.29, 0.717) is 6.42 Å². The largest absolute Gasteiger partial charge is 0.394 e. The molecule has 3 N–H and O–H groups in total. The lowest BCUT2D eigenvalue weighted by Gasteiger charge is -2.20. The third-order valence-corrected chi connectivity index (χ3v) is 13.3. The van der Waals surface area contributed by atoms with E-state index in [9.17, 15) is 15.0 Å². The number of carbonyl (C=O) groups is 1. The Morgan fingerprint density at radius 2 is 0.617 bits per heavy atom. The van der Waals surface area contributed by atoms with Crippen molar-refractivity contribution in [3.8, 4) is 0 Å². The zero-order chi connectivity index (χ0) is 43.5. The van der Waals surface area contributed by atoms with E-state index in [2.05, 4.69) is 19.2 Å². The number of nitrogens with one attached hydrogen (secondary N) is 1. The second-order valence-corrected chi connectivity index (χ2v) is 19.4. The van der Waals surface area contributed by atoms with Crippen LogP contribution in [0.4, 0.5) is 0 Å². The Labute approximate surface area is 377 Å². The first-order valence-electron chi connectivity index (χ1n) is 27.9. The lowest BCUT2D eigenvalue weighted by Crippen LogP contribution is -2.45. The van der Waals surface area contributed by atoms with Gasteiger partial charge in [-0.3, -0.25) is 4.79 Å². The van der Waals surface area contributed by atoms with Gasteiger partial charge in [-0.15, -0.1) is 0 Å². The zero-order valence-electron chi connectivity index (χ0n) is 41.3. The van der Waals surface area contributed by atoms with Crippen LogP contribution in [0.15, 0.2) is 12.2 Å². The molecule has 0 spiro atoms. The number of rotatable bonds is 52. The fraction of sp³-hybridized carbons (Fsp3) is 0.946. The van der Waals surface area contributed by atoms with Gasteiger partial charge in [-0.2, -0.15) is 0 Å². The van der Waals surface area contributed by atoms with Crippen LogP contribution >= 0.6 is 0 Å². The van der Waals surface area contributed by atoms with Crippen LogP contribution in [0, 0.1) is 0 Å². The van der Waals surface area contributed by atoms with Gasteiger partial charge >= 0.3 is 0 Å². The van der Waals surface area contributed by atoms with E-state index >= 15 is 0 Å². The highest BCUT2D eigenvalue weighted by Gasteiger charge is 2.18. The molecular formula is C56H111NO3. The Hall–Kier alpha value is -0.870. The molecule has 0 saturated heterocycles. The maximum absolute atomic E-state index is 12.5. The van der Waals surface area contributed by atoms with E-state index in [0.717, 1.165) is 25.7 Å². The number of hydrogen-bond donors (Lipinski definition) is 3. The summed E-state index contributed by atoms with van der Waals surface area (Å²) in [6.45, 7) is 4.35. The molecule has 358 valence electrons. The van der Waals surface area contributed by atoms with Gasteiger partial charge < -0.3 is 15.5 Å². The van der Waals surface area contributed by atoms with E-state index in [1.807, 2.05) is 6.08 Å². The molecule has 0 bridgehead atoms. The first kappa shape index (κ1) is 59.1. The van der Waals surface area contributed by atoms with Crippen molar-refractivity contribution in [2.24, 2.45) is 0 Å². The predicted octanol–water partition coefficient (Wildman–Crippen LogP) is 18.1. The van der Waals surface area contributed by atoms with Crippen molar-refractivity contribution in [2.75, 3.05) is 6.61 Å². The van der Waals surface area contributed by atoms with Crippen LogP contribution in [0.25, 0.3) is 0 Å². The van der Waals surface area contributed by atoms with E-state index < -0.39 is 12.1 Å². The van der Waals surface area contributed by atoms with Gasteiger partial charge in [-0.25, -0.2) is 0 Å². The molecule has 0 aromatic carbocycles. The van der Waals surface area contributed by atoms with Gasteiger partial charge in [0, 0.05) is 6.42 Å². The molecule has 4 heteroatoms. The molecule has 60 heavy (non-hydrogen) atoms. The van der Waals surface area contributed by atoms with Gasteiger partial charge in [0.1, 0.15) is 0 Å². The van der Waals surface area contributed by atoms with Crippen molar-refractivity contribution in [2.45, 2.75) is 334 Å². The van der Waals surface area contributed by atoms with Crippen molar-refractivity contribution in [3.05, 3.63) is 12.2 Å². The summed E-state index contributed by atoms with van der Waals surface area (Å²) in [7, 11) is 0. The predicted molar refractivity (Wildman–Crippen MR) is 267 cm³/mol. The molecule has 2 atom stereocenters. The van der Waals surface area contributed by atoms with Crippen LogP contribution in [0.2, 0.25) is 0 Å². The van der Waals surface area contributed by atoms with Gasteiger partial charge in [0.05, 0.1) is 18.8 Å². The molecule has 0 aliphatic rings. The number of hydrogen-bond acceptors (Lipinski definition) is 3. The monoisotopic (exact) mass is 846 g/mol. The fourth-order valence-electron chi connectivity index (χ4n) is 9.01. The Bertz CT molecular complexity index is 829. The van der Waals surface area contributed by atoms with Gasteiger partial charge in [-0.05, 0) is 19.3 Å². The summed E-state index contributed by atoms with van der Waals surface area (Å²) in [5.41, 5.74) is 0. The van der Waals surface area contributed by atoms with Crippen LogP contribution in [0.1, 0.15) is 322 Å². The molecule has 0 aromatic heterocycles. The molecule has 2 unspecified atom stereocenters. The topological polar surface area (TPSA) is 69.6 Å². The summed E-state index contributed by atoms with van der Waals surface area (Å²) in [6.07, 6.45) is 68.0. The summed E-state index contributed by atoms with van der Waals surface area (Å²) in [4.78, 5) is 12.5.